The van der Waals surface area contributed by atoms with Gasteiger partial charge in [-0.1, -0.05) is 30.3 Å². The number of para-hydroxylation sites is 1. The summed E-state index contributed by atoms with van der Waals surface area (Å²) in [7, 11) is 3.31. The molecule has 0 aromatic heterocycles. The van der Waals surface area contributed by atoms with Crippen molar-refractivity contribution in [2.24, 2.45) is 5.92 Å². The molecular formula is C21H24N2O3. The molecule has 5 heteroatoms. The van der Waals surface area contributed by atoms with Crippen LogP contribution in [-0.2, 0) is 4.79 Å². The first kappa shape index (κ1) is 18.0. The van der Waals surface area contributed by atoms with Crippen LogP contribution in [0.2, 0.25) is 0 Å². The Hall–Kier alpha value is -2.82. The largest absolute Gasteiger partial charge is 0.496 e. The highest BCUT2D eigenvalue weighted by atomic mass is 16.5. The van der Waals surface area contributed by atoms with Crippen molar-refractivity contribution in [3.05, 3.63) is 54.1 Å². The van der Waals surface area contributed by atoms with Gasteiger partial charge in [-0.15, -0.1) is 0 Å². The zero-order valence-electron chi connectivity index (χ0n) is 15.2. The van der Waals surface area contributed by atoms with Crippen LogP contribution in [-0.4, -0.2) is 44.0 Å². The fourth-order valence-electron chi connectivity index (χ4n) is 3.41. The minimum absolute atomic E-state index is 0.0111. The van der Waals surface area contributed by atoms with Gasteiger partial charge in [-0.05, 0) is 36.6 Å². The number of carbonyl (C=O) groups is 2. The van der Waals surface area contributed by atoms with Crippen LogP contribution in [0.5, 0.6) is 5.75 Å². The Morgan fingerprint density at radius 2 is 1.69 bits per heavy atom. The lowest BCUT2D eigenvalue weighted by Gasteiger charge is -2.31. The lowest BCUT2D eigenvalue weighted by molar-refractivity contribution is -0.125. The second-order valence-electron chi connectivity index (χ2n) is 6.46. The highest BCUT2D eigenvalue weighted by Gasteiger charge is 2.27. The van der Waals surface area contributed by atoms with Gasteiger partial charge in [-0.25, -0.2) is 0 Å². The molecule has 1 saturated heterocycles. The van der Waals surface area contributed by atoms with E-state index < -0.39 is 0 Å². The van der Waals surface area contributed by atoms with Gasteiger partial charge in [-0.2, -0.15) is 0 Å². The minimum atomic E-state index is 0.0111. The predicted octanol–water partition coefficient (Wildman–Crippen LogP) is 2.96. The molecule has 1 aliphatic heterocycles. The van der Waals surface area contributed by atoms with E-state index in [9.17, 15) is 9.59 Å². The summed E-state index contributed by atoms with van der Waals surface area (Å²) in [6.07, 6.45) is 1.43. The molecule has 2 aromatic rings. The molecule has 0 atom stereocenters. The number of amides is 2. The quantitative estimate of drug-likeness (QED) is 0.920. The Labute approximate surface area is 154 Å². The van der Waals surface area contributed by atoms with Crippen molar-refractivity contribution in [1.29, 1.82) is 0 Å². The van der Waals surface area contributed by atoms with Crippen LogP contribution in [0, 0.1) is 5.92 Å². The molecule has 2 amide bonds. The molecule has 1 fully saturated rings. The second-order valence-corrected chi connectivity index (χ2v) is 6.46. The summed E-state index contributed by atoms with van der Waals surface area (Å²) in [5.74, 6) is 0.907. The van der Waals surface area contributed by atoms with E-state index in [1.54, 1.807) is 14.2 Å². The van der Waals surface area contributed by atoms with E-state index in [4.69, 9.17) is 4.74 Å². The molecule has 0 bridgehead atoms. The fourth-order valence-corrected chi connectivity index (χ4v) is 3.41. The van der Waals surface area contributed by atoms with Crippen LogP contribution in [0.3, 0.4) is 0 Å². The van der Waals surface area contributed by atoms with Crippen molar-refractivity contribution >= 4 is 11.8 Å². The number of methoxy groups -OCH3 is 1. The normalized spacial score (nSPS) is 14.8. The zero-order chi connectivity index (χ0) is 18.5. The second kappa shape index (κ2) is 8.04. The van der Waals surface area contributed by atoms with E-state index >= 15 is 0 Å². The number of benzene rings is 2. The smallest absolute Gasteiger partial charge is 0.253 e. The maximum atomic E-state index is 12.7. The molecule has 0 aliphatic carbocycles. The van der Waals surface area contributed by atoms with Crippen LogP contribution in [0.1, 0.15) is 23.2 Å². The SMILES string of the molecule is CNC(=O)C1CCN(C(=O)c2ccc(-c3ccccc3OC)cc2)CC1. The van der Waals surface area contributed by atoms with Gasteiger partial charge < -0.3 is 15.0 Å². The number of nitrogens with one attached hydrogen (secondary N) is 1. The number of piperidine rings is 1. The zero-order valence-corrected chi connectivity index (χ0v) is 15.2. The molecular weight excluding hydrogens is 328 g/mol. The summed E-state index contributed by atoms with van der Waals surface area (Å²) in [6.45, 7) is 1.23. The van der Waals surface area contributed by atoms with Crippen molar-refractivity contribution in [3.8, 4) is 16.9 Å². The van der Waals surface area contributed by atoms with Crippen molar-refractivity contribution in [2.45, 2.75) is 12.8 Å². The summed E-state index contributed by atoms with van der Waals surface area (Å²) in [5.41, 5.74) is 2.68. The van der Waals surface area contributed by atoms with E-state index in [1.807, 2.05) is 53.4 Å². The number of ether oxygens (including phenoxy) is 1. The van der Waals surface area contributed by atoms with Crippen molar-refractivity contribution < 1.29 is 14.3 Å². The van der Waals surface area contributed by atoms with Gasteiger partial charge in [0.1, 0.15) is 5.75 Å². The summed E-state index contributed by atoms with van der Waals surface area (Å²) in [5, 5.41) is 2.69. The lowest BCUT2D eigenvalue weighted by Crippen LogP contribution is -2.42. The van der Waals surface area contributed by atoms with Crippen LogP contribution in [0.25, 0.3) is 11.1 Å². The topological polar surface area (TPSA) is 58.6 Å². The molecule has 0 radical (unpaired) electrons. The van der Waals surface area contributed by atoms with Gasteiger partial charge >= 0.3 is 0 Å². The predicted molar refractivity (Wildman–Crippen MR) is 101 cm³/mol. The molecule has 0 unspecified atom stereocenters. The Morgan fingerprint density at radius 1 is 1.04 bits per heavy atom. The monoisotopic (exact) mass is 352 g/mol. The molecule has 136 valence electrons. The molecule has 3 rings (SSSR count). The minimum Gasteiger partial charge on any atom is -0.496 e. The third-order valence-corrected chi connectivity index (χ3v) is 4.95. The van der Waals surface area contributed by atoms with Crippen LogP contribution >= 0.6 is 0 Å². The van der Waals surface area contributed by atoms with Gasteiger partial charge in [0.05, 0.1) is 7.11 Å². The van der Waals surface area contributed by atoms with Gasteiger partial charge in [0, 0.05) is 37.2 Å². The highest BCUT2D eigenvalue weighted by molar-refractivity contribution is 5.95. The maximum absolute atomic E-state index is 12.7. The summed E-state index contributed by atoms with van der Waals surface area (Å²) >= 11 is 0. The Morgan fingerprint density at radius 3 is 2.31 bits per heavy atom. The number of hydrogen-bond donors (Lipinski definition) is 1. The molecule has 1 aliphatic rings. The first-order valence-corrected chi connectivity index (χ1v) is 8.88. The molecule has 1 N–H and O–H groups in total. The first-order valence-electron chi connectivity index (χ1n) is 8.88. The number of likely N-dealkylation sites (tertiary alicyclic amines) is 1. The lowest BCUT2D eigenvalue weighted by atomic mass is 9.95. The molecule has 26 heavy (non-hydrogen) atoms. The van der Waals surface area contributed by atoms with Gasteiger partial charge in [0.2, 0.25) is 5.91 Å². The first-order chi connectivity index (χ1) is 12.6. The van der Waals surface area contributed by atoms with Crippen molar-refractivity contribution in [1.82, 2.24) is 10.2 Å². The van der Waals surface area contributed by atoms with Gasteiger partial charge in [0.25, 0.3) is 5.91 Å². The summed E-state index contributed by atoms with van der Waals surface area (Å²) < 4.78 is 5.40. The van der Waals surface area contributed by atoms with Crippen LogP contribution < -0.4 is 10.1 Å². The van der Waals surface area contributed by atoms with E-state index in [1.165, 1.54) is 0 Å². The van der Waals surface area contributed by atoms with Crippen molar-refractivity contribution in [3.63, 3.8) is 0 Å². The van der Waals surface area contributed by atoms with E-state index in [0.29, 0.717) is 31.5 Å². The molecule has 1 heterocycles. The third-order valence-electron chi connectivity index (χ3n) is 4.95. The molecule has 5 nitrogen and oxygen atoms in total. The van der Waals surface area contributed by atoms with Gasteiger partial charge in [0.15, 0.2) is 0 Å². The third kappa shape index (κ3) is 3.72. The van der Waals surface area contributed by atoms with Crippen molar-refractivity contribution in [2.75, 3.05) is 27.2 Å². The summed E-state index contributed by atoms with van der Waals surface area (Å²) in [6, 6.07) is 15.4. The average molecular weight is 352 g/mol. The number of nitrogens with zero attached hydrogens (tertiary/aromatic N) is 1. The number of hydrogen-bond acceptors (Lipinski definition) is 3. The van der Waals surface area contributed by atoms with E-state index in [2.05, 4.69) is 5.32 Å². The molecule has 0 saturated carbocycles. The standard InChI is InChI=1S/C21H24N2O3/c1-22-20(24)16-11-13-23(14-12-16)21(25)17-9-7-15(8-10-17)18-5-3-4-6-19(18)26-2/h3-10,16H,11-14H2,1-2H3,(H,22,24). The fraction of sp³-hybridized carbons (Fsp3) is 0.333. The Bertz CT molecular complexity index is 778. The maximum Gasteiger partial charge on any atom is 0.253 e. The average Bonchev–Trinajstić information content (AvgIpc) is 2.73. The van der Waals surface area contributed by atoms with Gasteiger partial charge in [-0.3, -0.25) is 9.59 Å². The van der Waals surface area contributed by atoms with E-state index in [0.717, 1.165) is 16.9 Å². The van der Waals surface area contributed by atoms with Crippen LogP contribution in [0.4, 0.5) is 0 Å². The van der Waals surface area contributed by atoms with E-state index in [-0.39, 0.29) is 17.7 Å². The number of carbonyl (C=O) groups excluding carboxylic acids is 2. The number of rotatable bonds is 4. The molecule has 0 spiro atoms. The van der Waals surface area contributed by atoms with Crippen LogP contribution in [0.15, 0.2) is 48.5 Å². The summed E-state index contributed by atoms with van der Waals surface area (Å²) in [4.78, 5) is 26.3. The molecule has 2 aromatic carbocycles. The highest BCUT2D eigenvalue weighted by Crippen LogP contribution is 2.30. The Balaban J connectivity index is 1.69. The Kier molecular flexibility index (Phi) is 5.56.